The molecule has 9 heteroatoms. The van der Waals surface area contributed by atoms with Gasteiger partial charge in [-0.2, -0.15) is 0 Å². The lowest BCUT2D eigenvalue weighted by Crippen LogP contribution is -2.43. The van der Waals surface area contributed by atoms with Crippen LogP contribution in [-0.2, 0) is 14.8 Å². The summed E-state index contributed by atoms with van der Waals surface area (Å²) in [6.07, 6.45) is 0.271. The summed E-state index contributed by atoms with van der Waals surface area (Å²) in [6.45, 7) is 6.40. The Kier molecular flexibility index (Phi) is 5.34. The Bertz CT molecular complexity index is 828. The number of likely N-dealkylation sites (tertiary alicyclic amines) is 1. The molecule has 1 aliphatic heterocycles. The number of carboxylic acid groups (broad SMARTS) is 1. The Balaban J connectivity index is 2.19. The lowest BCUT2D eigenvalue weighted by atomic mass is 10.1. The zero-order valence-electron chi connectivity index (χ0n) is 15.3. The van der Waals surface area contributed by atoms with Crippen LogP contribution in [0.4, 0.5) is 0 Å². The van der Waals surface area contributed by atoms with Crippen LogP contribution in [0.3, 0.4) is 0 Å². The van der Waals surface area contributed by atoms with Gasteiger partial charge in [0.15, 0.2) is 0 Å². The summed E-state index contributed by atoms with van der Waals surface area (Å²) < 4.78 is 26.6. The van der Waals surface area contributed by atoms with Crippen LogP contribution in [0.15, 0.2) is 23.1 Å². The zero-order valence-corrected chi connectivity index (χ0v) is 16.1. The van der Waals surface area contributed by atoms with Crippen molar-refractivity contribution in [3.05, 3.63) is 23.8 Å². The van der Waals surface area contributed by atoms with Crippen molar-refractivity contribution >= 4 is 21.9 Å². The van der Waals surface area contributed by atoms with Gasteiger partial charge in [-0.1, -0.05) is 0 Å². The van der Waals surface area contributed by atoms with Crippen LogP contribution in [0.2, 0.25) is 0 Å². The molecular weight excluding hydrogens is 360 g/mol. The van der Waals surface area contributed by atoms with Crippen molar-refractivity contribution in [3.63, 3.8) is 0 Å². The van der Waals surface area contributed by atoms with Gasteiger partial charge < -0.3 is 15.1 Å². The van der Waals surface area contributed by atoms with Crippen molar-refractivity contribution < 1.29 is 28.2 Å². The molecule has 0 bridgehead atoms. The number of rotatable bonds is 5. The molecular formula is C17H24N2O6S. The van der Waals surface area contributed by atoms with Gasteiger partial charge in [-0.3, -0.25) is 4.79 Å². The van der Waals surface area contributed by atoms with E-state index >= 15 is 0 Å². The van der Waals surface area contributed by atoms with Crippen molar-refractivity contribution in [2.45, 2.75) is 37.6 Å². The number of aromatic carboxylic acids is 1. The summed E-state index contributed by atoms with van der Waals surface area (Å²) in [7, 11) is -2.54. The first-order chi connectivity index (χ1) is 11.8. The maximum Gasteiger partial charge on any atom is 0.339 e. The van der Waals surface area contributed by atoms with Gasteiger partial charge >= 0.3 is 5.97 Å². The average molecular weight is 384 g/mol. The Labute approximate surface area is 153 Å². The molecule has 1 saturated heterocycles. The number of carbonyl (C=O) groups is 2. The Morgan fingerprint density at radius 2 is 1.96 bits per heavy atom. The number of phenols is 1. The second-order valence-electron chi connectivity index (χ2n) is 7.51. The molecule has 0 saturated carbocycles. The van der Waals surface area contributed by atoms with Gasteiger partial charge in [0.25, 0.3) is 0 Å². The standard InChI is InChI=1S/C17H24N2O6S/c1-17(2,3)19-10-11(7-15(19)21)9-18(4)26(24,25)12-5-6-14(20)13(8-12)16(22)23/h5-6,8,11,20H,7,9-10H2,1-4H3,(H,22,23). The van der Waals surface area contributed by atoms with Gasteiger partial charge in [0.05, 0.1) is 4.90 Å². The highest BCUT2D eigenvalue weighted by Crippen LogP contribution is 2.28. The molecule has 26 heavy (non-hydrogen) atoms. The van der Waals surface area contributed by atoms with E-state index in [-0.39, 0.29) is 35.2 Å². The Morgan fingerprint density at radius 3 is 2.46 bits per heavy atom. The smallest absolute Gasteiger partial charge is 0.339 e. The molecule has 1 fully saturated rings. The highest BCUT2D eigenvalue weighted by molar-refractivity contribution is 7.89. The minimum absolute atomic E-state index is 0.00825. The third-order valence-corrected chi connectivity index (χ3v) is 6.26. The SMILES string of the molecule is CN(CC1CC(=O)N(C(C)(C)C)C1)S(=O)(=O)c1ccc(O)c(C(=O)O)c1. The fraction of sp³-hybridized carbons (Fsp3) is 0.529. The molecule has 0 aliphatic carbocycles. The zero-order chi connectivity index (χ0) is 19.9. The number of carbonyl (C=O) groups excluding carboxylic acids is 1. The molecule has 0 radical (unpaired) electrons. The minimum Gasteiger partial charge on any atom is -0.507 e. The molecule has 0 aromatic heterocycles. The summed E-state index contributed by atoms with van der Waals surface area (Å²) in [6, 6.07) is 3.14. The first-order valence-corrected chi connectivity index (χ1v) is 9.61. The predicted octanol–water partition coefficient (Wildman–Crippen LogP) is 1.36. The van der Waals surface area contributed by atoms with Crippen LogP contribution in [0.25, 0.3) is 0 Å². The van der Waals surface area contributed by atoms with Gasteiger partial charge in [-0.05, 0) is 44.9 Å². The fourth-order valence-electron chi connectivity index (χ4n) is 3.04. The highest BCUT2D eigenvalue weighted by Gasteiger charge is 2.38. The number of benzene rings is 1. The quantitative estimate of drug-likeness (QED) is 0.792. The summed E-state index contributed by atoms with van der Waals surface area (Å²) in [5, 5.41) is 18.6. The van der Waals surface area contributed by atoms with Crippen molar-refractivity contribution in [1.29, 1.82) is 0 Å². The molecule has 1 aromatic rings. The molecule has 1 heterocycles. The van der Waals surface area contributed by atoms with Crippen molar-refractivity contribution in [2.75, 3.05) is 20.1 Å². The minimum atomic E-state index is -3.94. The number of aromatic hydroxyl groups is 1. The predicted molar refractivity (Wildman–Crippen MR) is 94.5 cm³/mol. The Morgan fingerprint density at radius 1 is 1.35 bits per heavy atom. The topological polar surface area (TPSA) is 115 Å². The first-order valence-electron chi connectivity index (χ1n) is 8.17. The summed E-state index contributed by atoms with van der Waals surface area (Å²) in [5.41, 5.74) is -0.800. The van der Waals surface area contributed by atoms with E-state index in [0.29, 0.717) is 6.54 Å². The molecule has 1 aliphatic rings. The molecule has 0 spiro atoms. The van der Waals surface area contributed by atoms with Crippen LogP contribution >= 0.6 is 0 Å². The number of sulfonamides is 1. The number of hydrogen-bond acceptors (Lipinski definition) is 5. The average Bonchev–Trinajstić information content (AvgIpc) is 2.87. The maximum absolute atomic E-state index is 12.7. The van der Waals surface area contributed by atoms with Crippen LogP contribution in [0.1, 0.15) is 37.6 Å². The van der Waals surface area contributed by atoms with E-state index in [1.807, 2.05) is 20.8 Å². The van der Waals surface area contributed by atoms with Crippen molar-refractivity contribution in [2.24, 2.45) is 5.92 Å². The molecule has 1 atom stereocenters. The molecule has 144 valence electrons. The van der Waals surface area contributed by atoms with E-state index in [1.165, 1.54) is 7.05 Å². The summed E-state index contributed by atoms with van der Waals surface area (Å²) >= 11 is 0. The van der Waals surface area contributed by atoms with E-state index in [9.17, 15) is 23.1 Å². The monoisotopic (exact) mass is 384 g/mol. The summed E-state index contributed by atoms with van der Waals surface area (Å²) in [5.74, 6) is -2.06. The van der Waals surface area contributed by atoms with E-state index in [0.717, 1.165) is 22.5 Å². The van der Waals surface area contributed by atoms with E-state index in [4.69, 9.17) is 5.11 Å². The largest absolute Gasteiger partial charge is 0.507 e. The van der Waals surface area contributed by atoms with E-state index < -0.39 is 27.3 Å². The number of carboxylic acids is 1. The molecule has 2 N–H and O–H groups in total. The highest BCUT2D eigenvalue weighted by atomic mass is 32.2. The number of hydrogen-bond donors (Lipinski definition) is 2. The molecule has 8 nitrogen and oxygen atoms in total. The van der Waals surface area contributed by atoms with Crippen LogP contribution in [-0.4, -0.2) is 65.4 Å². The third-order valence-electron chi connectivity index (χ3n) is 4.44. The molecule has 2 rings (SSSR count). The molecule has 1 aromatic carbocycles. The molecule has 1 unspecified atom stereocenters. The van der Waals surface area contributed by atoms with Crippen LogP contribution in [0, 0.1) is 5.92 Å². The van der Waals surface area contributed by atoms with Crippen LogP contribution < -0.4 is 0 Å². The van der Waals surface area contributed by atoms with Crippen LogP contribution in [0.5, 0.6) is 5.75 Å². The molecule has 1 amide bonds. The fourth-order valence-corrected chi connectivity index (χ4v) is 4.31. The second kappa shape index (κ2) is 6.88. The van der Waals surface area contributed by atoms with E-state index in [1.54, 1.807) is 4.90 Å². The van der Waals surface area contributed by atoms with Gasteiger partial charge in [0, 0.05) is 32.1 Å². The number of nitrogens with zero attached hydrogens (tertiary/aromatic N) is 2. The lowest BCUT2D eigenvalue weighted by Gasteiger charge is -2.32. The second-order valence-corrected chi connectivity index (χ2v) is 9.56. The number of amides is 1. The van der Waals surface area contributed by atoms with Gasteiger partial charge in [0.2, 0.25) is 15.9 Å². The Hall–Kier alpha value is -2.13. The van der Waals surface area contributed by atoms with E-state index in [2.05, 4.69) is 0 Å². The van der Waals surface area contributed by atoms with Crippen molar-refractivity contribution in [1.82, 2.24) is 9.21 Å². The maximum atomic E-state index is 12.7. The third kappa shape index (κ3) is 3.99. The van der Waals surface area contributed by atoms with Gasteiger partial charge in [-0.15, -0.1) is 0 Å². The lowest BCUT2D eigenvalue weighted by molar-refractivity contribution is -0.131. The first kappa shape index (κ1) is 20.2. The van der Waals surface area contributed by atoms with Gasteiger partial charge in [-0.25, -0.2) is 17.5 Å². The van der Waals surface area contributed by atoms with Gasteiger partial charge in [0.1, 0.15) is 11.3 Å². The summed E-state index contributed by atoms with van der Waals surface area (Å²) in [4.78, 5) is 24.8. The normalized spacial score (nSPS) is 18.6. The van der Waals surface area contributed by atoms with Crippen molar-refractivity contribution in [3.8, 4) is 5.75 Å².